The van der Waals surface area contributed by atoms with E-state index < -0.39 is 4.92 Å². The van der Waals surface area contributed by atoms with E-state index in [1.165, 1.54) is 12.1 Å². The van der Waals surface area contributed by atoms with Crippen LogP contribution >= 0.6 is 11.6 Å². The number of halogens is 1. The van der Waals surface area contributed by atoms with Crippen molar-refractivity contribution in [3.05, 3.63) is 69.2 Å². The molecule has 0 aliphatic carbocycles. The molecule has 0 saturated heterocycles. The van der Waals surface area contributed by atoms with Crippen LogP contribution in [0, 0.1) is 10.1 Å². The zero-order chi connectivity index (χ0) is 14.5. The van der Waals surface area contributed by atoms with E-state index in [0.717, 1.165) is 11.3 Å². The largest absolute Gasteiger partial charge is 0.278 e. The number of nitro groups is 1. The smallest absolute Gasteiger partial charge is 0.269 e. The van der Waals surface area contributed by atoms with Crippen molar-refractivity contribution < 1.29 is 4.92 Å². The molecule has 2 rings (SSSR count). The molecule has 6 heteroatoms. The summed E-state index contributed by atoms with van der Waals surface area (Å²) in [4.78, 5) is 10.1. The molecule has 0 atom stereocenters. The Kier molecular flexibility index (Phi) is 4.32. The highest BCUT2D eigenvalue weighted by Gasteiger charge is 2.04. The zero-order valence-electron chi connectivity index (χ0n) is 10.7. The first kappa shape index (κ1) is 14.0. The van der Waals surface area contributed by atoms with Crippen LogP contribution < -0.4 is 5.43 Å². The van der Waals surface area contributed by atoms with Crippen molar-refractivity contribution in [1.82, 2.24) is 0 Å². The van der Waals surface area contributed by atoms with Gasteiger partial charge in [-0.1, -0.05) is 29.8 Å². The van der Waals surface area contributed by atoms with E-state index in [1.54, 1.807) is 18.2 Å². The van der Waals surface area contributed by atoms with Gasteiger partial charge in [-0.25, -0.2) is 0 Å². The van der Waals surface area contributed by atoms with E-state index in [2.05, 4.69) is 10.5 Å². The number of benzene rings is 2. The van der Waals surface area contributed by atoms with Gasteiger partial charge in [0.25, 0.3) is 5.69 Å². The van der Waals surface area contributed by atoms with E-state index in [4.69, 9.17) is 11.6 Å². The van der Waals surface area contributed by atoms with Crippen molar-refractivity contribution in [2.75, 3.05) is 5.43 Å². The third kappa shape index (κ3) is 3.33. The van der Waals surface area contributed by atoms with Gasteiger partial charge in [0, 0.05) is 22.7 Å². The van der Waals surface area contributed by atoms with Gasteiger partial charge in [0.05, 0.1) is 16.3 Å². The lowest BCUT2D eigenvalue weighted by Gasteiger charge is -2.05. The molecular weight excluding hydrogens is 278 g/mol. The summed E-state index contributed by atoms with van der Waals surface area (Å²) >= 11 is 6.07. The van der Waals surface area contributed by atoms with E-state index in [1.807, 2.05) is 25.1 Å². The lowest BCUT2D eigenvalue weighted by Crippen LogP contribution is -2.00. The van der Waals surface area contributed by atoms with E-state index >= 15 is 0 Å². The molecule has 0 fully saturated rings. The first-order valence-electron chi connectivity index (χ1n) is 5.87. The molecule has 0 unspecified atom stereocenters. The van der Waals surface area contributed by atoms with Crippen molar-refractivity contribution in [1.29, 1.82) is 0 Å². The molecule has 1 N–H and O–H groups in total. The Morgan fingerprint density at radius 1 is 1.20 bits per heavy atom. The number of hydrogen-bond acceptors (Lipinski definition) is 4. The topological polar surface area (TPSA) is 67.5 Å². The predicted molar refractivity (Wildman–Crippen MR) is 80.4 cm³/mol. The summed E-state index contributed by atoms with van der Waals surface area (Å²) in [7, 11) is 0. The summed E-state index contributed by atoms with van der Waals surface area (Å²) in [5.74, 6) is 0. The molecule has 0 aliphatic rings. The molecule has 0 amide bonds. The Morgan fingerprint density at radius 3 is 2.45 bits per heavy atom. The molecule has 0 heterocycles. The van der Waals surface area contributed by atoms with Gasteiger partial charge in [-0.05, 0) is 25.1 Å². The SMILES string of the molecule is CC(=NNc1ccc([N+](=O)[O-])cc1)c1ccccc1Cl. The molecule has 2 aromatic carbocycles. The second-order valence-electron chi connectivity index (χ2n) is 4.09. The number of hydrogen-bond donors (Lipinski definition) is 1. The number of nitrogens with zero attached hydrogens (tertiary/aromatic N) is 2. The highest BCUT2D eigenvalue weighted by atomic mass is 35.5. The fourth-order valence-corrected chi connectivity index (χ4v) is 1.89. The minimum atomic E-state index is -0.442. The van der Waals surface area contributed by atoms with Crippen LogP contribution in [0.25, 0.3) is 0 Å². The molecule has 2 aromatic rings. The Bertz CT molecular complexity index is 654. The number of hydrazone groups is 1. The molecule has 5 nitrogen and oxygen atoms in total. The Balaban J connectivity index is 2.13. The normalized spacial score (nSPS) is 11.2. The highest BCUT2D eigenvalue weighted by molar-refractivity contribution is 6.34. The van der Waals surface area contributed by atoms with Crippen LogP contribution in [0.4, 0.5) is 11.4 Å². The van der Waals surface area contributed by atoms with Crippen LogP contribution in [-0.2, 0) is 0 Å². The summed E-state index contributed by atoms with van der Waals surface area (Å²) in [6.45, 7) is 1.83. The molecule has 20 heavy (non-hydrogen) atoms. The maximum atomic E-state index is 10.5. The van der Waals surface area contributed by atoms with Crippen molar-refractivity contribution in [3.8, 4) is 0 Å². The van der Waals surface area contributed by atoms with Crippen molar-refractivity contribution in [3.63, 3.8) is 0 Å². The van der Waals surface area contributed by atoms with Gasteiger partial charge >= 0.3 is 0 Å². The lowest BCUT2D eigenvalue weighted by atomic mass is 10.1. The molecule has 0 aromatic heterocycles. The van der Waals surface area contributed by atoms with Gasteiger partial charge in [0.1, 0.15) is 0 Å². The Morgan fingerprint density at radius 2 is 1.85 bits per heavy atom. The average molecular weight is 290 g/mol. The summed E-state index contributed by atoms with van der Waals surface area (Å²) in [6, 6.07) is 13.4. The Hall–Kier alpha value is -2.40. The maximum Gasteiger partial charge on any atom is 0.269 e. The summed E-state index contributed by atoms with van der Waals surface area (Å²) in [6.07, 6.45) is 0. The van der Waals surface area contributed by atoms with Crippen LogP contribution in [-0.4, -0.2) is 10.6 Å². The molecule has 0 radical (unpaired) electrons. The van der Waals surface area contributed by atoms with Crippen LogP contribution in [0.5, 0.6) is 0 Å². The molecule has 0 bridgehead atoms. The van der Waals surface area contributed by atoms with E-state index in [-0.39, 0.29) is 5.69 Å². The molecular formula is C14H12ClN3O2. The van der Waals surface area contributed by atoms with Crippen LogP contribution in [0.2, 0.25) is 5.02 Å². The quantitative estimate of drug-likeness (QED) is 0.524. The molecule has 0 aliphatic heterocycles. The predicted octanol–water partition coefficient (Wildman–Crippen LogP) is 4.08. The first-order valence-corrected chi connectivity index (χ1v) is 6.25. The number of non-ortho nitro benzene ring substituents is 1. The second-order valence-corrected chi connectivity index (χ2v) is 4.50. The van der Waals surface area contributed by atoms with Crippen molar-refractivity contribution >= 4 is 28.7 Å². The summed E-state index contributed by atoms with van der Waals surface area (Å²) in [5, 5.41) is 15.4. The molecule has 0 saturated carbocycles. The van der Waals surface area contributed by atoms with Crippen molar-refractivity contribution in [2.24, 2.45) is 5.10 Å². The Labute approximate surface area is 121 Å². The standard InChI is InChI=1S/C14H12ClN3O2/c1-10(13-4-2-3-5-14(13)15)16-17-11-6-8-12(9-7-11)18(19)20/h2-9,17H,1H3. The van der Waals surface area contributed by atoms with Crippen LogP contribution in [0.15, 0.2) is 53.6 Å². The van der Waals surface area contributed by atoms with Gasteiger partial charge in [-0.3, -0.25) is 15.5 Å². The van der Waals surface area contributed by atoms with Crippen LogP contribution in [0.3, 0.4) is 0 Å². The number of anilines is 1. The molecule has 102 valence electrons. The van der Waals surface area contributed by atoms with Crippen LogP contribution in [0.1, 0.15) is 12.5 Å². The number of rotatable bonds is 4. The third-order valence-corrected chi connectivity index (χ3v) is 3.02. The van der Waals surface area contributed by atoms with Gasteiger partial charge in [0.15, 0.2) is 0 Å². The zero-order valence-corrected chi connectivity index (χ0v) is 11.5. The monoisotopic (exact) mass is 289 g/mol. The number of nitro benzene ring substituents is 1. The average Bonchev–Trinajstić information content (AvgIpc) is 2.45. The highest BCUT2D eigenvalue weighted by Crippen LogP contribution is 2.18. The summed E-state index contributed by atoms with van der Waals surface area (Å²) < 4.78 is 0. The van der Waals surface area contributed by atoms with E-state index in [9.17, 15) is 10.1 Å². The number of nitrogens with one attached hydrogen (secondary N) is 1. The fourth-order valence-electron chi connectivity index (χ4n) is 1.62. The summed E-state index contributed by atoms with van der Waals surface area (Å²) in [5.41, 5.74) is 5.12. The third-order valence-electron chi connectivity index (χ3n) is 2.69. The minimum absolute atomic E-state index is 0.0438. The van der Waals surface area contributed by atoms with Gasteiger partial charge in [-0.15, -0.1) is 0 Å². The lowest BCUT2D eigenvalue weighted by molar-refractivity contribution is -0.384. The van der Waals surface area contributed by atoms with Crippen molar-refractivity contribution in [2.45, 2.75) is 6.92 Å². The van der Waals surface area contributed by atoms with Gasteiger partial charge in [0.2, 0.25) is 0 Å². The maximum absolute atomic E-state index is 10.5. The first-order chi connectivity index (χ1) is 9.58. The van der Waals surface area contributed by atoms with Gasteiger partial charge in [-0.2, -0.15) is 5.10 Å². The van der Waals surface area contributed by atoms with Gasteiger partial charge < -0.3 is 0 Å². The molecule has 0 spiro atoms. The van der Waals surface area contributed by atoms with E-state index in [0.29, 0.717) is 10.7 Å². The minimum Gasteiger partial charge on any atom is -0.278 e. The fraction of sp³-hybridized carbons (Fsp3) is 0.0714. The second kappa shape index (κ2) is 6.16.